The van der Waals surface area contributed by atoms with E-state index in [0.29, 0.717) is 12.3 Å². The number of amides is 1. The molecule has 0 unspecified atom stereocenters. The van der Waals surface area contributed by atoms with Crippen molar-refractivity contribution in [2.75, 3.05) is 5.32 Å². The molecule has 1 N–H and O–H groups in total. The minimum Gasteiger partial charge on any atom is -0.486 e. The van der Waals surface area contributed by atoms with Crippen LogP contribution in [0.5, 0.6) is 5.75 Å². The van der Waals surface area contributed by atoms with Crippen LogP contribution in [0.4, 0.5) is 5.95 Å². The van der Waals surface area contributed by atoms with Crippen molar-refractivity contribution in [3.63, 3.8) is 0 Å². The van der Waals surface area contributed by atoms with Gasteiger partial charge in [0.1, 0.15) is 24.4 Å². The summed E-state index contributed by atoms with van der Waals surface area (Å²) in [6.45, 7) is 2.92. The number of ether oxygens (including phenoxy) is 1. The van der Waals surface area contributed by atoms with Crippen LogP contribution in [0.15, 0.2) is 77.5 Å². The third-order valence-electron chi connectivity index (χ3n) is 4.55. The fourth-order valence-corrected chi connectivity index (χ4v) is 2.92. The minimum atomic E-state index is -0.411. The number of aromatic nitrogens is 3. The average Bonchev–Trinajstić information content (AvgIpc) is 3.43. The molecule has 1 amide bonds. The second kappa shape index (κ2) is 9.09. The molecule has 30 heavy (non-hydrogen) atoms. The molecule has 0 radical (unpaired) electrons. The highest BCUT2D eigenvalue weighted by atomic mass is 16.5. The number of hydrogen-bond acceptors (Lipinski definition) is 5. The largest absolute Gasteiger partial charge is 0.486 e. The standard InChI is InChI=1S/C23H22N4O3/c1-2-17-8-10-19(11-9-17)29-15-20-12-13-21(30-20)22(28)25-23-24-16-27(26-23)14-18-6-4-3-5-7-18/h3-13,16H,2,14-15H2,1H3,(H,25,26,28). The van der Waals surface area contributed by atoms with Gasteiger partial charge in [0.15, 0.2) is 5.76 Å². The van der Waals surface area contributed by atoms with Crippen molar-refractivity contribution in [3.05, 3.63) is 95.7 Å². The fourth-order valence-electron chi connectivity index (χ4n) is 2.92. The Morgan fingerprint density at radius 1 is 1.03 bits per heavy atom. The van der Waals surface area contributed by atoms with Gasteiger partial charge in [0.25, 0.3) is 5.91 Å². The SMILES string of the molecule is CCc1ccc(OCc2ccc(C(=O)Nc3ncn(Cc4ccccc4)n3)o2)cc1. The third kappa shape index (κ3) is 4.94. The molecule has 0 spiro atoms. The lowest BCUT2D eigenvalue weighted by Crippen LogP contribution is -2.12. The maximum absolute atomic E-state index is 12.4. The zero-order chi connectivity index (χ0) is 20.8. The summed E-state index contributed by atoms with van der Waals surface area (Å²) in [5, 5.41) is 6.92. The number of hydrogen-bond donors (Lipinski definition) is 1. The molecule has 4 aromatic rings. The van der Waals surface area contributed by atoms with Crippen molar-refractivity contribution in [2.24, 2.45) is 0 Å². The van der Waals surface area contributed by atoms with E-state index in [2.05, 4.69) is 22.3 Å². The van der Waals surface area contributed by atoms with E-state index in [-0.39, 0.29) is 18.3 Å². The molecule has 0 fully saturated rings. The lowest BCUT2D eigenvalue weighted by molar-refractivity contribution is 0.0991. The van der Waals surface area contributed by atoms with Crippen LogP contribution in [0.1, 0.15) is 34.4 Å². The normalized spacial score (nSPS) is 10.7. The van der Waals surface area contributed by atoms with E-state index in [0.717, 1.165) is 17.7 Å². The van der Waals surface area contributed by atoms with E-state index < -0.39 is 5.91 Å². The van der Waals surface area contributed by atoms with E-state index in [1.54, 1.807) is 23.1 Å². The first-order chi connectivity index (χ1) is 14.7. The molecule has 0 bridgehead atoms. The molecule has 2 aromatic carbocycles. The highest BCUT2D eigenvalue weighted by Gasteiger charge is 2.14. The first kappa shape index (κ1) is 19.4. The van der Waals surface area contributed by atoms with Gasteiger partial charge >= 0.3 is 0 Å². The fraction of sp³-hybridized carbons (Fsp3) is 0.174. The van der Waals surface area contributed by atoms with Crippen LogP contribution in [0, 0.1) is 0 Å². The molecular formula is C23H22N4O3. The van der Waals surface area contributed by atoms with Gasteiger partial charge in [0.05, 0.1) is 6.54 Å². The summed E-state index contributed by atoms with van der Waals surface area (Å²) in [7, 11) is 0. The number of carbonyl (C=O) groups is 1. The Balaban J connectivity index is 1.31. The van der Waals surface area contributed by atoms with Crippen molar-refractivity contribution in [1.82, 2.24) is 14.8 Å². The van der Waals surface area contributed by atoms with Crippen molar-refractivity contribution in [2.45, 2.75) is 26.5 Å². The number of carbonyl (C=O) groups excluding carboxylic acids is 1. The Morgan fingerprint density at radius 2 is 1.83 bits per heavy atom. The second-order valence-corrected chi connectivity index (χ2v) is 6.76. The topological polar surface area (TPSA) is 82.2 Å². The van der Waals surface area contributed by atoms with Crippen LogP contribution >= 0.6 is 0 Å². The number of aryl methyl sites for hydroxylation is 1. The highest BCUT2D eigenvalue weighted by molar-refractivity contribution is 6.01. The van der Waals surface area contributed by atoms with E-state index in [1.807, 2.05) is 54.6 Å². The Bertz CT molecular complexity index is 1100. The number of furan rings is 1. The van der Waals surface area contributed by atoms with Gasteiger partial charge < -0.3 is 9.15 Å². The summed E-state index contributed by atoms with van der Waals surface area (Å²) in [4.78, 5) is 16.5. The highest BCUT2D eigenvalue weighted by Crippen LogP contribution is 2.16. The van der Waals surface area contributed by atoms with E-state index >= 15 is 0 Å². The van der Waals surface area contributed by atoms with Gasteiger partial charge in [0.2, 0.25) is 5.95 Å². The summed E-state index contributed by atoms with van der Waals surface area (Å²) in [5.74, 6) is 1.30. The van der Waals surface area contributed by atoms with Crippen LogP contribution in [-0.2, 0) is 19.6 Å². The number of anilines is 1. The number of benzene rings is 2. The smallest absolute Gasteiger partial charge is 0.293 e. The maximum atomic E-state index is 12.4. The Morgan fingerprint density at radius 3 is 2.60 bits per heavy atom. The zero-order valence-electron chi connectivity index (χ0n) is 16.6. The van der Waals surface area contributed by atoms with Gasteiger partial charge in [-0.1, -0.05) is 49.4 Å². The lowest BCUT2D eigenvalue weighted by Gasteiger charge is -2.05. The Kier molecular flexibility index (Phi) is 5.89. The van der Waals surface area contributed by atoms with Crippen LogP contribution < -0.4 is 10.1 Å². The van der Waals surface area contributed by atoms with Crippen LogP contribution in [0.25, 0.3) is 0 Å². The molecular weight excluding hydrogens is 380 g/mol. The summed E-state index contributed by atoms with van der Waals surface area (Å²) >= 11 is 0. The first-order valence-corrected chi connectivity index (χ1v) is 9.75. The predicted molar refractivity (Wildman–Crippen MR) is 112 cm³/mol. The van der Waals surface area contributed by atoms with Crippen molar-refractivity contribution in [3.8, 4) is 5.75 Å². The van der Waals surface area contributed by atoms with Gasteiger partial charge in [-0.25, -0.2) is 9.67 Å². The zero-order valence-corrected chi connectivity index (χ0v) is 16.6. The maximum Gasteiger partial charge on any atom is 0.293 e. The third-order valence-corrected chi connectivity index (χ3v) is 4.55. The summed E-state index contributed by atoms with van der Waals surface area (Å²) in [5.41, 5.74) is 2.35. The summed E-state index contributed by atoms with van der Waals surface area (Å²) in [6.07, 6.45) is 2.56. The van der Waals surface area contributed by atoms with E-state index in [4.69, 9.17) is 9.15 Å². The van der Waals surface area contributed by atoms with Gasteiger partial charge in [0, 0.05) is 0 Å². The van der Waals surface area contributed by atoms with Crippen LogP contribution in [-0.4, -0.2) is 20.7 Å². The van der Waals surface area contributed by atoms with Gasteiger partial charge in [-0.3, -0.25) is 10.1 Å². The number of nitrogens with one attached hydrogen (secondary N) is 1. The monoisotopic (exact) mass is 402 g/mol. The molecule has 2 heterocycles. The molecule has 0 saturated carbocycles. The Hall–Kier alpha value is -3.87. The van der Waals surface area contributed by atoms with Gasteiger partial charge in [-0.15, -0.1) is 5.10 Å². The summed E-state index contributed by atoms with van der Waals surface area (Å²) < 4.78 is 13.0. The average molecular weight is 402 g/mol. The molecule has 0 aliphatic heterocycles. The molecule has 7 heteroatoms. The second-order valence-electron chi connectivity index (χ2n) is 6.76. The molecule has 2 aromatic heterocycles. The van der Waals surface area contributed by atoms with E-state index in [9.17, 15) is 4.79 Å². The lowest BCUT2D eigenvalue weighted by atomic mass is 10.2. The molecule has 0 aliphatic rings. The molecule has 0 saturated heterocycles. The quantitative estimate of drug-likeness (QED) is 0.475. The number of nitrogens with zero attached hydrogens (tertiary/aromatic N) is 3. The predicted octanol–water partition coefficient (Wildman–Crippen LogP) is 4.31. The van der Waals surface area contributed by atoms with Gasteiger partial charge in [-0.05, 0) is 41.8 Å². The van der Waals surface area contributed by atoms with Crippen molar-refractivity contribution < 1.29 is 13.9 Å². The van der Waals surface area contributed by atoms with Crippen molar-refractivity contribution >= 4 is 11.9 Å². The molecule has 152 valence electrons. The van der Waals surface area contributed by atoms with Crippen molar-refractivity contribution in [1.29, 1.82) is 0 Å². The molecule has 7 nitrogen and oxygen atoms in total. The van der Waals surface area contributed by atoms with Crippen LogP contribution in [0.2, 0.25) is 0 Å². The molecule has 0 atom stereocenters. The molecule has 0 aliphatic carbocycles. The van der Waals surface area contributed by atoms with E-state index in [1.165, 1.54) is 5.56 Å². The first-order valence-electron chi connectivity index (χ1n) is 9.75. The minimum absolute atomic E-state index is 0.175. The molecule has 4 rings (SSSR count). The summed E-state index contributed by atoms with van der Waals surface area (Å²) in [6, 6.07) is 21.1. The van der Waals surface area contributed by atoms with Gasteiger partial charge in [-0.2, -0.15) is 0 Å². The van der Waals surface area contributed by atoms with Crippen LogP contribution in [0.3, 0.4) is 0 Å². The Labute approximate surface area is 174 Å². The number of rotatable bonds is 8.